The quantitative estimate of drug-likeness (QED) is 0.922. The normalized spacial score (nSPS) is 16.9. The first-order valence-electron chi connectivity index (χ1n) is 7.23. The second kappa shape index (κ2) is 5.15. The third kappa shape index (κ3) is 2.41. The molecule has 0 spiro atoms. The van der Waals surface area contributed by atoms with Gasteiger partial charge in [-0.05, 0) is 19.3 Å². The molecule has 1 saturated carbocycles. The lowest BCUT2D eigenvalue weighted by molar-refractivity contribution is 0.429. The van der Waals surface area contributed by atoms with Crippen LogP contribution in [0.4, 0.5) is 0 Å². The topological polar surface area (TPSA) is 59.4 Å². The number of aromatic nitrogens is 5. The van der Waals surface area contributed by atoms with E-state index in [9.17, 15) is 0 Å². The minimum atomic E-state index is 0.566. The first-order chi connectivity index (χ1) is 9.28. The van der Waals surface area contributed by atoms with E-state index in [-0.39, 0.29) is 0 Å². The van der Waals surface area contributed by atoms with Crippen LogP contribution in [0.15, 0.2) is 6.20 Å². The average molecular weight is 259 g/mol. The van der Waals surface area contributed by atoms with E-state index < -0.39 is 0 Å². The van der Waals surface area contributed by atoms with Crippen LogP contribution in [0.1, 0.15) is 56.5 Å². The largest absolute Gasteiger partial charge is 0.275 e. The lowest BCUT2D eigenvalue weighted by Gasteiger charge is -2.18. The molecule has 5 heteroatoms. The van der Waals surface area contributed by atoms with E-state index in [1.807, 2.05) is 17.9 Å². The first kappa shape index (κ1) is 12.4. The summed E-state index contributed by atoms with van der Waals surface area (Å²) < 4.78 is 1.84. The summed E-state index contributed by atoms with van der Waals surface area (Å²) >= 11 is 0. The van der Waals surface area contributed by atoms with Crippen molar-refractivity contribution in [1.29, 1.82) is 0 Å². The SMILES string of the molecule is CCc1nn(C)cc1-c1n[nH]c(C2CCCCC2)n1. The highest BCUT2D eigenvalue weighted by atomic mass is 15.3. The number of H-pyrrole nitrogens is 1. The molecule has 0 atom stereocenters. The second-order valence-corrected chi connectivity index (χ2v) is 5.40. The molecule has 0 saturated heterocycles. The van der Waals surface area contributed by atoms with Gasteiger partial charge >= 0.3 is 0 Å². The van der Waals surface area contributed by atoms with Gasteiger partial charge in [0.2, 0.25) is 0 Å². The summed E-state index contributed by atoms with van der Waals surface area (Å²) in [5, 5.41) is 12.0. The van der Waals surface area contributed by atoms with Gasteiger partial charge in [-0.25, -0.2) is 4.98 Å². The van der Waals surface area contributed by atoms with Gasteiger partial charge in [0, 0.05) is 19.2 Å². The van der Waals surface area contributed by atoms with Crippen molar-refractivity contribution in [2.24, 2.45) is 7.05 Å². The standard InChI is InChI=1S/C14H21N5/c1-3-12-11(9-19(2)18-12)14-15-13(16-17-14)10-7-5-4-6-8-10/h9-10H,3-8H2,1-2H3,(H,15,16,17). The van der Waals surface area contributed by atoms with Crippen LogP contribution in [-0.2, 0) is 13.5 Å². The molecule has 0 aromatic carbocycles. The molecule has 1 aliphatic rings. The molecule has 3 rings (SSSR count). The Morgan fingerprint density at radius 1 is 1.32 bits per heavy atom. The first-order valence-corrected chi connectivity index (χ1v) is 7.23. The Bertz CT molecular complexity index is 548. The molecule has 19 heavy (non-hydrogen) atoms. The Morgan fingerprint density at radius 2 is 2.11 bits per heavy atom. The van der Waals surface area contributed by atoms with Gasteiger partial charge in [-0.3, -0.25) is 9.78 Å². The monoisotopic (exact) mass is 259 g/mol. The summed E-state index contributed by atoms with van der Waals surface area (Å²) in [6, 6.07) is 0. The predicted octanol–water partition coefficient (Wildman–Crippen LogP) is 2.82. The molecule has 0 radical (unpaired) electrons. The fraction of sp³-hybridized carbons (Fsp3) is 0.643. The molecule has 1 N–H and O–H groups in total. The van der Waals surface area contributed by atoms with Crippen molar-refractivity contribution in [3.8, 4) is 11.4 Å². The smallest absolute Gasteiger partial charge is 0.184 e. The van der Waals surface area contributed by atoms with E-state index in [4.69, 9.17) is 4.98 Å². The Hall–Kier alpha value is -1.65. The molecular weight excluding hydrogens is 238 g/mol. The Labute approximate surface area is 113 Å². The third-order valence-corrected chi connectivity index (χ3v) is 3.98. The maximum absolute atomic E-state index is 4.71. The molecule has 2 aromatic heterocycles. The lowest BCUT2D eigenvalue weighted by Crippen LogP contribution is -2.06. The highest BCUT2D eigenvalue weighted by Gasteiger charge is 2.20. The van der Waals surface area contributed by atoms with Crippen LogP contribution in [-0.4, -0.2) is 25.0 Å². The van der Waals surface area contributed by atoms with Crippen molar-refractivity contribution >= 4 is 0 Å². The summed E-state index contributed by atoms with van der Waals surface area (Å²) in [6.07, 6.45) is 9.38. The molecule has 0 bridgehead atoms. The number of nitrogens with one attached hydrogen (secondary N) is 1. The summed E-state index contributed by atoms with van der Waals surface area (Å²) in [4.78, 5) is 4.71. The Kier molecular flexibility index (Phi) is 3.36. The highest BCUT2D eigenvalue weighted by Crippen LogP contribution is 2.31. The summed E-state index contributed by atoms with van der Waals surface area (Å²) in [5.74, 6) is 2.42. The number of aryl methyl sites for hydroxylation is 2. The number of hydrogen-bond acceptors (Lipinski definition) is 3. The van der Waals surface area contributed by atoms with Crippen LogP contribution in [0.2, 0.25) is 0 Å². The van der Waals surface area contributed by atoms with E-state index in [0.717, 1.165) is 29.3 Å². The fourth-order valence-corrected chi connectivity index (χ4v) is 2.94. The molecule has 102 valence electrons. The molecule has 0 unspecified atom stereocenters. The minimum absolute atomic E-state index is 0.566. The third-order valence-electron chi connectivity index (χ3n) is 3.98. The van der Waals surface area contributed by atoms with Gasteiger partial charge in [-0.1, -0.05) is 26.2 Å². The second-order valence-electron chi connectivity index (χ2n) is 5.40. The van der Waals surface area contributed by atoms with E-state index in [0.29, 0.717) is 5.92 Å². The molecule has 1 aliphatic carbocycles. The van der Waals surface area contributed by atoms with Gasteiger partial charge in [0.1, 0.15) is 5.82 Å². The molecule has 0 aliphatic heterocycles. The van der Waals surface area contributed by atoms with Gasteiger partial charge in [0.25, 0.3) is 0 Å². The van der Waals surface area contributed by atoms with Crippen molar-refractivity contribution in [3.05, 3.63) is 17.7 Å². The van der Waals surface area contributed by atoms with Crippen LogP contribution in [0.5, 0.6) is 0 Å². The van der Waals surface area contributed by atoms with Crippen LogP contribution in [0.3, 0.4) is 0 Å². The molecule has 2 heterocycles. The molecular formula is C14H21N5. The zero-order valence-electron chi connectivity index (χ0n) is 11.7. The van der Waals surface area contributed by atoms with Crippen LogP contribution >= 0.6 is 0 Å². The van der Waals surface area contributed by atoms with E-state index in [1.165, 1.54) is 32.1 Å². The fourth-order valence-electron chi connectivity index (χ4n) is 2.94. The lowest BCUT2D eigenvalue weighted by atomic mass is 9.89. The Morgan fingerprint density at radius 3 is 2.84 bits per heavy atom. The van der Waals surface area contributed by atoms with Gasteiger partial charge in [0.15, 0.2) is 5.82 Å². The van der Waals surface area contributed by atoms with Crippen molar-refractivity contribution in [3.63, 3.8) is 0 Å². The van der Waals surface area contributed by atoms with Crippen molar-refractivity contribution < 1.29 is 0 Å². The van der Waals surface area contributed by atoms with E-state index in [1.54, 1.807) is 0 Å². The minimum Gasteiger partial charge on any atom is -0.275 e. The van der Waals surface area contributed by atoms with Gasteiger partial charge in [-0.15, -0.1) is 0 Å². The molecule has 2 aromatic rings. The summed E-state index contributed by atoms with van der Waals surface area (Å²) in [5.41, 5.74) is 2.13. The number of aromatic amines is 1. The number of nitrogens with zero attached hydrogens (tertiary/aromatic N) is 4. The predicted molar refractivity (Wildman–Crippen MR) is 73.8 cm³/mol. The maximum Gasteiger partial charge on any atom is 0.184 e. The van der Waals surface area contributed by atoms with Crippen LogP contribution in [0.25, 0.3) is 11.4 Å². The Balaban J connectivity index is 1.87. The summed E-state index contributed by atoms with van der Waals surface area (Å²) in [7, 11) is 1.94. The zero-order valence-corrected chi connectivity index (χ0v) is 11.7. The van der Waals surface area contributed by atoms with Crippen molar-refractivity contribution in [1.82, 2.24) is 25.0 Å². The molecule has 1 fully saturated rings. The number of hydrogen-bond donors (Lipinski definition) is 1. The molecule has 5 nitrogen and oxygen atoms in total. The van der Waals surface area contributed by atoms with Crippen molar-refractivity contribution in [2.75, 3.05) is 0 Å². The molecule has 0 amide bonds. The van der Waals surface area contributed by atoms with E-state index >= 15 is 0 Å². The van der Waals surface area contributed by atoms with E-state index in [2.05, 4.69) is 22.2 Å². The maximum atomic E-state index is 4.71. The van der Waals surface area contributed by atoms with Crippen molar-refractivity contribution in [2.45, 2.75) is 51.4 Å². The van der Waals surface area contributed by atoms with Gasteiger partial charge in [-0.2, -0.15) is 10.2 Å². The summed E-state index contributed by atoms with van der Waals surface area (Å²) in [6.45, 7) is 2.11. The number of rotatable bonds is 3. The zero-order chi connectivity index (χ0) is 13.2. The van der Waals surface area contributed by atoms with Crippen LogP contribution in [0, 0.1) is 0 Å². The average Bonchev–Trinajstić information content (AvgIpc) is 3.05. The van der Waals surface area contributed by atoms with Crippen LogP contribution < -0.4 is 0 Å². The van der Waals surface area contributed by atoms with Gasteiger partial charge in [0.05, 0.1) is 11.3 Å². The van der Waals surface area contributed by atoms with Gasteiger partial charge < -0.3 is 0 Å². The highest BCUT2D eigenvalue weighted by molar-refractivity contribution is 5.56.